The van der Waals surface area contributed by atoms with Gasteiger partial charge in [-0.1, -0.05) is 12.8 Å². The van der Waals surface area contributed by atoms with Crippen molar-refractivity contribution in [2.24, 2.45) is 0 Å². The molecule has 1 saturated carbocycles. The monoisotopic (exact) mass is 348 g/mol. The highest BCUT2D eigenvalue weighted by molar-refractivity contribution is 14.1. The summed E-state index contributed by atoms with van der Waals surface area (Å²) in [5, 5.41) is 5.66. The second-order valence-electron chi connectivity index (χ2n) is 4.20. The van der Waals surface area contributed by atoms with Gasteiger partial charge in [0.25, 0.3) is 0 Å². The lowest BCUT2D eigenvalue weighted by Crippen LogP contribution is -2.36. The average molecular weight is 348 g/mol. The van der Waals surface area contributed by atoms with E-state index in [0.717, 1.165) is 12.8 Å². The van der Waals surface area contributed by atoms with E-state index in [1.165, 1.54) is 25.0 Å². The molecule has 5 heteroatoms. The zero-order valence-corrected chi connectivity index (χ0v) is 11.5. The predicted octanol–water partition coefficient (Wildman–Crippen LogP) is 3.49. The van der Waals surface area contributed by atoms with E-state index in [0.29, 0.717) is 9.26 Å². The normalized spacial score (nSPS) is 15.9. The molecule has 2 rings (SSSR count). The van der Waals surface area contributed by atoms with Crippen molar-refractivity contribution in [3.63, 3.8) is 0 Å². The predicted molar refractivity (Wildman–Crippen MR) is 73.5 cm³/mol. The lowest BCUT2D eigenvalue weighted by molar-refractivity contribution is 0.248. The lowest BCUT2D eigenvalue weighted by Gasteiger charge is -2.13. The van der Waals surface area contributed by atoms with Gasteiger partial charge >= 0.3 is 6.03 Å². The molecule has 0 bridgehead atoms. The second-order valence-corrected chi connectivity index (χ2v) is 5.37. The molecule has 0 saturated heterocycles. The van der Waals surface area contributed by atoms with Gasteiger partial charge in [0.2, 0.25) is 0 Å². The topological polar surface area (TPSA) is 41.1 Å². The molecule has 0 unspecified atom stereocenters. The second kappa shape index (κ2) is 5.66. The fourth-order valence-corrected chi connectivity index (χ4v) is 2.62. The van der Waals surface area contributed by atoms with Crippen LogP contribution in [0, 0.1) is 9.39 Å². The van der Waals surface area contributed by atoms with Gasteiger partial charge in [-0.05, 0) is 53.6 Å². The SMILES string of the molecule is O=C(Nc1ccc(F)cc1I)NC1CCCC1. The van der Waals surface area contributed by atoms with Gasteiger partial charge in [-0.15, -0.1) is 0 Å². The van der Waals surface area contributed by atoms with Crippen molar-refractivity contribution in [1.82, 2.24) is 5.32 Å². The van der Waals surface area contributed by atoms with Gasteiger partial charge < -0.3 is 10.6 Å². The molecule has 92 valence electrons. The third kappa shape index (κ3) is 3.55. The summed E-state index contributed by atoms with van der Waals surface area (Å²) in [4.78, 5) is 11.7. The maximum absolute atomic E-state index is 12.9. The molecule has 2 amide bonds. The first-order valence-electron chi connectivity index (χ1n) is 5.68. The number of halogens is 2. The van der Waals surface area contributed by atoms with E-state index >= 15 is 0 Å². The quantitative estimate of drug-likeness (QED) is 0.790. The Kier molecular flexibility index (Phi) is 4.20. The Morgan fingerprint density at radius 2 is 2.06 bits per heavy atom. The van der Waals surface area contributed by atoms with Gasteiger partial charge in [-0.2, -0.15) is 0 Å². The lowest BCUT2D eigenvalue weighted by atomic mass is 10.2. The van der Waals surface area contributed by atoms with E-state index in [-0.39, 0.29) is 17.9 Å². The fraction of sp³-hybridized carbons (Fsp3) is 0.417. The van der Waals surface area contributed by atoms with E-state index in [9.17, 15) is 9.18 Å². The van der Waals surface area contributed by atoms with E-state index in [4.69, 9.17) is 0 Å². The molecule has 1 aliphatic rings. The number of benzene rings is 1. The summed E-state index contributed by atoms with van der Waals surface area (Å²) >= 11 is 2.00. The molecule has 0 spiro atoms. The van der Waals surface area contributed by atoms with Gasteiger partial charge in [0, 0.05) is 9.61 Å². The minimum atomic E-state index is -0.295. The van der Waals surface area contributed by atoms with Crippen LogP contribution >= 0.6 is 22.6 Å². The molecule has 3 nitrogen and oxygen atoms in total. The van der Waals surface area contributed by atoms with Crippen molar-refractivity contribution in [2.45, 2.75) is 31.7 Å². The third-order valence-corrected chi connectivity index (χ3v) is 3.76. The number of hydrogen-bond donors (Lipinski definition) is 2. The molecule has 0 aliphatic heterocycles. The van der Waals surface area contributed by atoms with Crippen molar-refractivity contribution in [3.8, 4) is 0 Å². The Balaban J connectivity index is 1.93. The maximum atomic E-state index is 12.9. The Bertz CT molecular complexity index is 419. The molecule has 1 aliphatic carbocycles. The summed E-state index contributed by atoms with van der Waals surface area (Å²) in [6.45, 7) is 0. The van der Waals surface area contributed by atoms with Gasteiger partial charge in [0.1, 0.15) is 5.82 Å². The minimum absolute atomic E-state index is 0.207. The van der Waals surface area contributed by atoms with Crippen LogP contribution in [0.1, 0.15) is 25.7 Å². The van der Waals surface area contributed by atoms with Crippen molar-refractivity contribution >= 4 is 34.3 Å². The first-order chi connectivity index (χ1) is 8.15. The van der Waals surface area contributed by atoms with Gasteiger partial charge in [0.05, 0.1) is 5.69 Å². The summed E-state index contributed by atoms with van der Waals surface area (Å²) in [6, 6.07) is 4.39. The van der Waals surface area contributed by atoms with Crippen LogP contribution in [0.25, 0.3) is 0 Å². The fourth-order valence-electron chi connectivity index (χ4n) is 2.00. The molecule has 17 heavy (non-hydrogen) atoms. The van der Waals surface area contributed by atoms with Gasteiger partial charge in [-0.3, -0.25) is 0 Å². The van der Waals surface area contributed by atoms with Crippen LogP contribution in [0.3, 0.4) is 0 Å². The number of carbonyl (C=O) groups excluding carboxylic acids is 1. The smallest absolute Gasteiger partial charge is 0.319 e. The number of nitrogens with one attached hydrogen (secondary N) is 2. The van der Waals surface area contributed by atoms with Crippen molar-refractivity contribution < 1.29 is 9.18 Å². The molecule has 1 aromatic rings. The van der Waals surface area contributed by atoms with E-state index in [2.05, 4.69) is 10.6 Å². The Morgan fingerprint density at radius 3 is 2.71 bits per heavy atom. The van der Waals surface area contributed by atoms with E-state index in [1.54, 1.807) is 6.07 Å². The molecule has 0 heterocycles. The molecular formula is C12H14FIN2O. The Labute approximate surface area is 113 Å². The number of amides is 2. The number of hydrogen-bond acceptors (Lipinski definition) is 1. The highest BCUT2D eigenvalue weighted by Gasteiger charge is 2.17. The summed E-state index contributed by atoms with van der Waals surface area (Å²) in [6.07, 6.45) is 4.46. The van der Waals surface area contributed by atoms with Crippen LogP contribution in [0.5, 0.6) is 0 Å². The van der Waals surface area contributed by atoms with Gasteiger partial charge in [0.15, 0.2) is 0 Å². The van der Waals surface area contributed by atoms with E-state index in [1.807, 2.05) is 22.6 Å². The maximum Gasteiger partial charge on any atom is 0.319 e. The summed E-state index contributed by atoms with van der Waals surface area (Å²) in [5.41, 5.74) is 0.641. The molecule has 1 aromatic carbocycles. The van der Waals surface area contributed by atoms with E-state index < -0.39 is 0 Å². The molecule has 0 radical (unpaired) electrons. The van der Waals surface area contributed by atoms with Crippen LogP contribution in [-0.2, 0) is 0 Å². The van der Waals surface area contributed by atoms with Crippen LogP contribution in [0.15, 0.2) is 18.2 Å². The van der Waals surface area contributed by atoms with Crippen molar-refractivity contribution in [1.29, 1.82) is 0 Å². The van der Waals surface area contributed by atoms with Crippen LogP contribution < -0.4 is 10.6 Å². The number of urea groups is 1. The van der Waals surface area contributed by atoms with Crippen molar-refractivity contribution in [3.05, 3.63) is 27.6 Å². The zero-order valence-electron chi connectivity index (χ0n) is 9.30. The number of anilines is 1. The largest absolute Gasteiger partial charge is 0.335 e. The zero-order chi connectivity index (χ0) is 12.3. The van der Waals surface area contributed by atoms with Crippen LogP contribution in [-0.4, -0.2) is 12.1 Å². The summed E-state index contributed by atoms with van der Waals surface area (Å²) in [7, 11) is 0. The third-order valence-electron chi connectivity index (χ3n) is 2.87. The minimum Gasteiger partial charge on any atom is -0.335 e. The molecule has 0 aromatic heterocycles. The average Bonchev–Trinajstić information content (AvgIpc) is 2.75. The Morgan fingerprint density at radius 1 is 1.35 bits per heavy atom. The molecule has 0 atom stereocenters. The highest BCUT2D eigenvalue weighted by atomic mass is 127. The summed E-state index contributed by atoms with van der Waals surface area (Å²) < 4.78 is 13.6. The molecule has 2 N–H and O–H groups in total. The first kappa shape index (κ1) is 12.6. The highest BCUT2D eigenvalue weighted by Crippen LogP contribution is 2.20. The van der Waals surface area contributed by atoms with Crippen LogP contribution in [0.2, 0.25) is 0 Å². The van der Waals surface area contributed by atoms with Gasteiger partial charge in [-0.25, -0.2) is 9.18 Å². The van der Waals surface area contributed by atoms with Crippen molar-refractivity contribution in [2.75, 3.05) is 5.32 Å². The standard InChI is InChI=1S/C12H14FIN2O/c13-8-5-6-11(10(14)7-8)16-12(17)15-9-3-1-2-4-9/h5-7,9H,1-4H2,(H2,15,16,17). The number of carbonyl (C=O) groups is 1. The Hall–Kier alpha value is -0.850. The first-order valence-corrected chi connectivity index (χ1v) is 6.75. The van der Waals surface area contributed by atoms with Crippen LogP contribution in [0.4, 0.5) is 14.9 Å². The summed E-state index contributed by atoms with van der Waals surface area (Å²) in [5.74, 6) is -0.295. The molecular weight excluding hydrogens is 334 g/mol. The molecule has 1 fully saturated rings. The number of rotatable bonds is 2.